The normalized spacial score (nSPS) is 11.1. The Morgan fingerprint density at radius 3 is 2.52 bits per heavy atom. The molecular weight excluding hydrogens is 270 g/mol. The van der Waals surface area contributed by atoms with E-state index in [1.165, 1.54) is 20.5 Å². The summed E-state index contributed by atoms with van der Waals surface area (Å²) in [7, 11) is 2.73. The first-order chi connectivity index (χ1) is 10.2. The van der Waals surface area contributed by atoms with Crippen LogP contribution in [-0.2, 0) is 14.3 Å². The highest BCUT2D eigenvalue weighted by atomic mass is 16.6. The Balaban J connectivity index is 2.32. The molecule has 5 nitrogen and oxygen atoms in total. The van der Waals surface area contributed by atoms with Crippen LogP contribution >= 0.6 is 0 Å². The molecule has 1 heterocycles. The van der Waals surface area contributed by atoms with E-state index in [9.17, 15) is 4.79 Å². The second kappa shape index (κ2) is 6.65. The molecule has 0 fully saturated rings. The van der Waals surface area contributed by atoms with Gasteiger partial charge in [0.1, 0.15) is 12.0 Å². The summed E-state index contributed by atoms with van der Waals surface area (Å²) in [5.74, 6) is -0.0368. The van der Waals surface area contributed by atoms with Gasteiger partial charge in [-0.05, 0) is 30.7 Å². The minimum atomic E-state index is -0.595. The van der Waals surface area contributed by atoms with Crippen molar-refractivity contribution in [2.24, 2.45) is 0 Å². The molecule has 0 aliphatic rings. The quantitative estimate of drug-likeness (QED) is 0.482. The van der Waals surface area contributed by atoms with Crippen LogP contribution in [-0.4, -0.2) is 24.8 Å². The van der Waals surface area contributed by atoms with E-state index in [1.807, 2.05) is 54.2 Å². The van der Waals surface area contributed by atoms with Gasteiger partial charge in [-0.3, -0.25) is 0 Å². The van der Waals surface area contributed by atoms with Crippen molar-refractivity contribution in [2.45, 2.75) is 6.92 Å². The van der Waals surface area contributed by atoms with Crippen LogP contribution in [0.5, 0.6) is 5.75 Å². The Kier molecular flexibility index (Phi) is 4.66. The molecule has 21 heavy (non-hydrogen) atoms. The van der Waals surface area contributed by atoms with Crippen LogP contribution in [0.2, 0.25) is 0 Å². The molecule has 2 rings (SSSR count). The van der Waals surface area contributed by atoms with E-state index in [0.717, 1.165) is 11.3 Å². The van der Waals surface area contributed by atoms with Gasteiger partial charge in [0.05, 0.1) is 14.2 Å². The van der Waals surface area contributed by atoms with Crippen LogP contribution in [0, 0.1) is 6.92 Å². The third-order valence-electron chi connectivity index (χ3n) is 2.91. The summed E-state index contributed by atoms with van der Waals surface area (Å²) >= 11 is 0. The molecular formula is C16H17NO4. The van der Waals surface area contributed by atoms with Gasteiger partial charge in [0.15, 0.2) is 0 Å². The lowest BCUT2D eigenvalue weighted by molar-refractivity contribution is -0.138. The number of methoxy groups -OCH3 is 2. The number of esters is 1. The van der Waals surface area contributed by atoms with Gasteiger partial charge in [0.25, 0.3) is 0 Å². The van der Waals surface area contributed by atoms with E-state index in [1.54, 1.807) is 0 Å². The van der Waals surface area contributed by atoms with E-state index >= 15 is 0 Å². The minimum Gasteiger partial charge on any atom is -0.500 e. The molecule has 0 N–H and O–H groups in total. The van der Waals surface area contributed by atoms with E-state index in [2.05, 4.69) is 4.74 Å². The van der Waals surface area contributed by atoms with Crippen LogP contribution in [0.15, 0.2) is 54.7 Å². The van der Waals surface area contributed by atoms with Crippen molar-refractivity contribution < 1.29 is 19.0 Å². The standard InChI is InChI=1S/C16H17NO4/c1-12-6-7-13(17-8-4-5-9-17)10-14(12)21-15(11-19-2)16(18)20-3/h4-11H,1-3H3/b15-11-. The smallest absolute Gasteiger partial charge is 0.377 e. The lowest BCUT2D eigenvalue weighted by Crippen LogP contribution is -2.12. The zero-order chi connectivity index (χ0) is 15.2. The first kappa shape index (κ1) is 14.7. The number of carbonyl (C=O) groups excluding carboxylic acids is 1. The first-order valence-corrected chi connectivity index (χ1v) is 6.39. The summed E-state index contributed by atoms with van der Waals surface area (Å²) in [5.41, 5.74) is 1.83. The molecule has 0 saturated heterocycles. The number of carbonyl (C=O) groups is 1. The molecule has 5 heteroatoms. The van der Waals surface area contributed by atoms with Gasteiger partial charge < -0.3 is 18.8 Å². The van der Waals surface area contributed by atoms with Gasteiger partial charge in [0, 0.05) is 24.1 Å². The zero-order valence-electron chi connectivity index (χ0n) is 12.2. The van der Waals surface area contributed by atoms with Crippen LogP contribution in [0.3, 0.4) is 0 Å². The van der Waals surface area contributed by atoms with Crippen molar-refractivity contribution in [3.05, 3.63) is 60.3 Å². The lowest BCUT2D eigenvalue weighted by Gasteiger charge is -2.12. The summed E-state index contributed by atoms with van der Waals surface area (Å²) in [6.45, 7) is 1.90. The number of aromatic nitrogens is 1. The molecule has 110 valence electrons. The third kappa shape index (κ3) is 3.45. The maximum absolute atomic E-state index is 11.6. The monoisotopic (exact) mass is 287 g/mol. The molecule has 0 spiro atoms. The Hall–Kier alpha value is -2.69. The van der Waals surface area contributed by atoms with E-state index in [-0.39, 0.29) is 5.76 Å². The molecule has 0 unspecified atom stereocenters. The fraction of sp³-hybridized carbons (Fsp3) is 0.188. The van der Waals surface area contributed by atoms with Gasteiger partial charge in [-0.25, -0.2) is 4.79 Å². The van der Waals surface area contributed by atoms with Gasteiger partial charge >= 0.3 is 5.97 Å². The number of benzene rings is 1. The average molecular weight is 287 g/mol. The fourth-order valence-electron chi connectivity index (χ4n) is 1.81. The molecule has 0 aliphatic carbocycles. The molecule has 0 atom stereocenters. The Labute approximate surface area is 123 Å². The number of aryl methyl sites for hydroxylation is 1. The molecule has 0 saturated carbocycles. The highest BCUT2D eigenvalue weighted by molar-refractivity contribution is 5.86. The maximum atomic E-state index is 11.6. The Morgan fingerprint density at radius 2 is 1.90 bits per heavy atom. The van der Waals surface area contributed by atoms with Crippen LogP contribution in [0.25, 0.3) is 5.69 Å². The van der Waals surface area contributed by atoms with Crippen LogP contribution < -0.4 is 4.74 Å². The molecule has 0 amide bonds. The Morgan fingerprint density at radius 1 is 1.19 bits per heavy atom. The summed E-state index contributed by atoms with van der Waals surface area (Å²) < 4.78 is 17.1. The van der Waals surface area contributed by atoms with Crippen molar-refractivity contribution in [1.82, 2.24) is 4.57 Å². The minimum absolute atomic E-state index is 0.00671. The highest BCUT2D eigenvalue weighted by Gasteiger charge is 2.15. The summed E-state index contributed by atoms with van der Waals surface area (Å²) in [6, 6.07) is 9.62. The van der Waals surface area contributed by atoms with Crippen molar-refractivity contribution in [3.8, 4) is 11.4 Å². The Bertz CT molecular complexity index is 644. The van der Waals surface area contributed by atoms with Gasteiger partial charge in [0.2, 0.25) is 5.76 Å². The van der Waals surface area contributed by atoms with Gasteiger partial charge in [-0.1, -0.05) is 6.07 Å². The second-order valence-electron chi connectivity index (χ2n) is 4.35. The number of hydrogen-bond acceptors (Lipinski definition) is 4. The van der Waals surface area contributed by atoms with E-state index in [0.29, 0.717) is 5.75 Å². The molecule has 0 aliphatic heterocycles. The van der Waals surface area contributed by atoms with E-state index in [4.69, 9.17) is 9.47 Å². The predicted octanol–water partition coefficient (Wildman–Crippen LogP) is 2.83. The second-order valence-corrected chi connectivity index (χ2v) is 4.35. The molecule has 0 radical (unpaired) electrons. The zero-order valence-corrected chi connectivity index (χ0v) is 12.2. The largest absolute Gasteiger partial charge is 0.500 e. The topological polar surface area (TPSA) is 49.7 Å². The highest BCUT2D eigenvalue weighted by Crippen LogP contribution is 2.24. The fourth-order valence-corrected chi connectivity index (χ4v) is 1.81. The van der Waals surface area contributed by atoms with E-state index < -0.39 is 5.97 Å². The van der Waals surface area contributed by atoms with Crippen LogP contribution in [0.1, 0.15) is 5.56 Å². The van der Waals surface area contributed by atoms with Crippen molar-refractivity contribution in [2.75, 3.05) is 14.2 Å². The summed E-state index contributed by atoms with van der Waals surface area (Å²) in [4.78, 5) is 11.6. The number of hydrogen-bond donors (Lipinski definition) is 0. The lowest BCUT2D eigenvalue weighted by atomic mass is 10.2. The predicted molar refractivity (Wildman–Crippen MR) is 78.2 cm³/mol. The first-order valence-electron chi connectivity index (χ1n) is 6.39. The van der Waals surface area contributed by atoms with Crippen molar-refractivity contribution >= 4 is 5.97 Å². The molecule has 1 aromatic heterocycles. The summed E-state index contributed by atoms with van der Waals surface area (Å²) in [6.07, 6.45) is 5.08. The molecule has 1 aromatic carbocycles. The maximum Gasteiger partial charge on any atom is 0.377 e. The SMILES string of the molecule is CO/C=C(\Oc1cc(-n2cccc2)ccc1C)C(=O)OC. The van der Waals surface area contributed by atoms with Crippen LogP contribution in [0.4, 0.5) is 0 Å². The average Bonchev–Trinajstić information content (AvgIpc) is 3.02. The van der Waals surface area contributed by atoms with Crippen molar-refractivity contribution in [1.29, 1.82) is 0 Å². The number of ether oxygens (including phenoxy) is 3. The molecule has 2 aromatic rings. The molecule has 0 bridgehead atoms. The van der Waals surface area contributed by atoms with Crippen molar-refractivity contribution in [3.63, 3.8) is 0 Å². The third-order valence-corrected chi connectivity index (χ3v) is 2.91. The number of rotatable bonds is 5. The number of nitrogens with zero attached hydrogens (tertiary/aromatic N) is 1. The van der Waals surface area contributed by atoms with Gasteiger partial charge in [-0.15, -0.1) is 0 Å². The van der Waals surface area contributed by atoms with Gasteiger partial charge in [-0.2, -0.15) is 0 Å². The summed E-state index contributed by atoms with van der Waals surface area (Å²) in [5, 5.41) is 0.